The summed E-state index contributed by atoms with van der Waals surface area (Å²) in [6, 6.07) is 11.4. The third-order valence-corrected chi connectivity index (χ3v) is 4.13. The summed E-state index contributed by atoms with van der Waals surface area (Å²) in [5, 5.41) is 10.9. The Bertz CT molecular complexity index is 755. The molecule has 132 valence electrons. The number of carbonyl (C=O) groups excluding carboxylic acids is 1. The summed E-state index contributed by atoms with van der Waals surface area (Å²) in [5.41, 5.74) is 1.60. The standard InChI is InChI=1S/C19H21NO5/c1-4-13(2)14-5-7-15(8-6-14)17(21)12-25-19-11-16(20(22)23)9-10-18(19)24-3/h5-11,13H,4,12H2,1-3H3. The van der Waals surface area contributed by atoms with Gasteiger partial charge in [0.15, 0.2) is 23.9 Å². The lowest BCUT2D eigenvalue weighted by atomic mass is 9.97. The second-order valence-corrected chi connectivity index (χ2v) is 5.74. The maximum absolute atomic E-state index is 12.3. The van der Waals surface area contributed by atoms with Crippen molar-refractivity contribution in [2.24, 2.45) is 0 Å². The average Bonchev–Trinajstić information content (AvgIpc) is 2.65. The number of nitro benzene ring substituents is 1. The highest BCUT2D eigenvalue weighted by Crippen LogP contribution is 2.31. The number of non-ortho nitro benzene ring substituents is 1. The van der Waals surface area contributed by atoms with Crippen molar-refractivity contribution in [3.8, 4) is 11.5 Å². The predicted octanol–water partition coefficient (Wildman–Crippen LogP) is 4.38. The van der Waals surface area contributed by atoms with Gasteiger partial charge in [0.1, 0.15) is 0 Å². The highest BCUT2D eigenvalue weighted by atomic mass is 16.6. The van der Waals surface area contributed by atoms with Crippen molar-refractivity contribution < 1.29 is 19.2 Å². The molecule has 0 aliphatic heterocycles. The largest absolute Gasteiger partial charge is 0.493 e. The number of methoxy groups -OCH3 is 1. The first-order valence-corrected chi connectivity index (χ1v) is 8.04. The molecule has 1 unspecified atom stereocenters. The first kappa shape index (κ1) is 18.4. The number of hydrogen-bond donors (Lipinski definition) is 0. The first-order chi connectivity index (χ1) is 12.0. The van der Waals surface area contributed by atoms with E-state index in [1.165, 1.54) is 30.9 Å². The lowest BCUT2D eigenvalue weighted by Crippen LogP contribution is -2.12. The Balaban J connectivity index is 2.09. The van der Waals surface area contributed by atoms with Crippen molar-refractivity contribution in [3.63, 3.8) is 0 Å². The molecule has 0 bridgehead atoms. The van der Waals surface area contributed by atoms with E-state index in [4.69, 9.17) is 9.47 Å². The summed E-state index contributed by atoms with van der Waals surface area (Å²) in [6.45, 7) is 4.03. The molecule has 2 aromatic rings. The van der Waals surface area contributed by atoms with Gasteiger partial charge in [0.25, 0.3) is 5.69 Å². The third kappa shape index (κ3) is 4.56. The molecule has 0 aliphatic carbocycles. The van der Waals surface area contributed by atoms with Crippen LogP contribution in [-0.4, -0.2) is 24.4 Å². The van der Waals surface area contributed by atoms with Gasteiger partial charge in [-0.15, -0.1) is 0 Å². The van der Waals surface area contributed by atoms with Crippen LogP contribution in [0.3, 0.4) is 0 Å². The van der Waals surface area contributed by atoms with Crippen LogP contribution in [0.4, 0.5) is 5.69 Å². The number of Topliss-reactive ketones (excluding diaryl/α,β-unsaturated/α-hetero) is 1. The van der Waals surface area contributed by atoms with E-state index in [0.29, 0.717) is 17.2 Å². The molecular weight excluding hydrogens is 322 g/mol. The fraction of sp³-hybridized carbons (Fsp3) is 0.316. The van der Waals surface area contributed by atoms with Crippen LogP contribution in [0.25, 0.3) is 0 Å². The molecule has 1 atom stereocenters. The molecule has 25 heavy (non-hydrogen) atoms. The molecule has 6 heteroatoms. The van der Waals surface area contributed by atoms with Gasteiger partial charge in [0.2, 0.25) is 0 Å². The van der Waals surface area contributed by atoms with Gasteiger partial charge in [-0.05, 0) is 24.0 Å². The van der Waals surface area contributed by atoms with Gasteiger partial charge >= 0.3 is 0 Å². The van der Waals surface area contributed by atoms with Crippen LogP contribution in [0.1, 0.15) is 42.1 Å². The van der Waals surface area contributed by atoms with E-state index in [9.17, 15) is 14.9 Å². The Kier molecular flexibility index (Phi) is 6.11. The van der Waals surface area contributed by atoms with E-state index >= 15 is 0 Å². The molecular formula is C19H21NO5. The van der Waals surface area contributed by atoms with Gasteiger partial charge in [0.05, 0.1) is 18.1 Å². The summed E-state index contributed by atoms with van der Waals surface area (Å²) in [7, 11) is 1.43. The second-order valence-electron chi connectivity index (χ2n) is 5.74. The normalized spacial score (nSPS) is 11.6. The molecule has 0 heterocycles. The first-order valence-electron chi connectivity index (χ1n) is 8.04. The molecule has 6 nitrogen and oxygen atoms in total. The molecule has 0 fully saturated rings. The number of nitrogens with zero attached hydrogens (tertiary/aromatic N) is 1. The van der Waals surface area contributed by atoms with Crippen LogP contribution in [0.2, 0.25) is 0 Å². The number of carbonyl (C=O) groups is 1. The average molecular weight is 343 g/mol. The SMILES string of the molecule is CCC(C)c1ccc(C(=O)COc2cc([N+](=O)[O-])ccc2OC)cc1. The molecule has 0 N–H and O–H groups in total. The van der Waals surface area contributed by atoms with Crippen LogP contribution >= 0.6 is 0 Å². The van der Waals surface area contributed by atoms with Gasteiger partial charge in [0, 0.05) is 11.6 Å². The summed E-state index contributed by atoms with van der Waals surface area (Å²) in [4.78, 5) is 22.6. The third-order valence-electron chi connectivity index (χ3n) is 4.13. The molecule has 0 aromatic heterocycles. The van der Waals surface area contributed by atoms with Gasteiger partial charge in [-0.3, -0.25) is 14.9 Å². The number of benzene rings is 2. The van der Waals surface area contributed by atoms with Crippen LogP contribution in [0, 0.1) is 10.1 Å². The fourth-order valence-electron chi connectivity index (χ4n) is 2.35. The quantitative estimate of drug-likeness (QED) is 0.404. The molecule has 2 rings (SSSR count). The molecule has 2 aromatic carbocycles. The van der Waals surface area contributed by atoms with E-state index in [-0.39, 0.29) is 23.8 Å². The molecule has 0 amide bonds. The summed E-state index contributed by atoms with van der Waals surface area (Å²) < 4.78 is 10.6. The zero-order chi connectivity index (χ0) is 18.4. The highest BCUT2D eigenvalue weighted by molar-refractivity contribution is 5.97. The molecule has 0 saturated heterocycles. The monoisotopic (exact) mass is 343 g/mol. The Labute approximate surface area is 146 Å². The highest BCUT2D eigenvalue weighted by Gasteiger charge is 2.15. The molecule has 0 spiro atoms. The Morgan fingerprint density at radius 1 is 1.16 bits per heavy atom. The molecule has 0 radical (unpaired) electrons. The van der Waals surface area contributed by atoms with Gasteiger partial charge < -0.3 is 9.47 Å². The predicted molar refractivity (Wildman–Crippen MR) is 94.6 cm³/mol. The lowest BCUT2D eigenvalue weighted by molar-refractivity contribution is -0.385. The number of hydrogen-bond acceptors (Lipinski definition) is 5. The summed E-state index contributed by atoms with van der Waals surface area (Å²) in [5.74, 6) is 0.741. The maximum atomic E-state index is 12.3. The zero-order valence-electron chi connectivity index (χ0n) is 14.5. The molecule has 0 aliphatic rings. The van der Waals surface area contributed by atoms with Crippen molar-refractivity contribution >= 4 is 11.5 Å². The van der Waals surface area contributed by atoms with E-state index in [2.05, 4.69) is 13.8 Å². The van der Waals surface area contributed by atoms with Crippen LogP contribution in [0.15, 0.2) is 42.5 Å². The van der Waals surface area contributed by atoms with Gasteiger partial charge in [-0.25, -0.2) is 0 Å². The van der Waals surface area contributed by atoms with E-state index < -0.39 is 4.92 Å². The lowest BCUT2D eigenvalue weighted by Gasteiger charge is -2.11. The minimum Gasteiger partial charge on any atom is -0.493 e. The van der Waals surface area contributed by atoms with E-state index in [0.717, 1.165) is 6.42 Å². The van der Waals surface area contributed by atoms with Crippen molar-refractivity contribution in [1.82, 2.24) is 0 Å². The van der Waals surface area contributed by atoms with Crippen LogP contribution in [-0.2, 0) is 0 Å². The van der Waals surface area contributed by atoms with Gasteiger partial charge in [-0.2, -0.15) is 0 Å². The van der Waals surface area contributed by atoms with Crippen LogP contribution in [0.5, 0.6) is 11.5 Å². The summed E-state index contributed by atoms with van der Waals surface area (Å²) in [6.07, 6.45) is 1.03. The number of ether oxygens (including phenoxy) is 2. The number of nitro groups is 1. The smallest absolute Gasteiger partial charge is 0.273 e. The minimum atomic E-state index is -0.526. The second kappa shape index (κ2) is 8.28. The van der Waals surface area contributed by atoms with Crippen molar-refractivity contribution in [2.45, 2.75) is 26.2 Å². The number of rotatable bonds is 8. The Morgan fingerprint density at radius 2 is 1.84 bits per heavy atom. The van der Waals surface area contributed by atoms with Crippen molar-refractivity contribution in [1.29, 1.82) is 0 Å². The number of ketones is 1. The topological polar surface area (TPSA) is 78.7 Å². The van der Waals surface area contributed by atoms with Gasteiger partial charge in [-0.1, -0.05) is 38.1 Å². The van der Waals surface area contributed by atoms with Crippen molar-refractivity contribution in [2.75, 3.05) is 13.7 Å². The Hall–Kier alpha value is -2.89. The Morgan fingerprint density at radius 3 is 2.40 bits per heavy atom. The van der Waals surface area contributed by atoms with Crippen LogP contribution < -0.4 is 9.47 Å². The van der Waals surface area contributed by atoms with Crippen molar-refractivity contribution in [3.05, 3.63) is 63.7 Å². The zero-order valence-corrected chi connectivity index (χ0v) is 14.5. The van der Waals surface area contributed by atoms with E-state index in [1.54, 1.807) is 12.1 Å². The molecule has 0 saturated carbocycles. The van der Waals surface area contributed by atoms with E-state index in [1.807, 2.05) is 12.1 Å². The summed E-state index contributed by atoms with van der Waals surface area (Å²) >= 11 is 0. The maximum Gasteiger partial charge on any atom is 0.273 e. The fourth-order valence-corrected chi connectivity index (χ4v) is 2.35. The minimum absolute atomic E-state index is 0.124.